The van der Waals surface area contributed by atoms with Gasteiger partial charge in [-0.2, -0.15) is 4.31 Å². The minimum atomic E-state index is -4.03. The summed E-state index contributed by atoms with van der Waals surface area (Å²) < 4.78 is 32.5. The minimum Gasteiger partial charge on any atom is -0.484 e. The number of hydrogen-bond acceptors (Lipinski definition) is 6. The second kappa shape index (κ2) is 9.44. The molecular weight excluding hydrogens is 422 g/mol. The Bertz CT molecular complexity index is 1050. The van der Waals surface area contributed by atoms with Gasteiger partial charge in [-0.05, 0) is 29.7 Å². The van der Waals surface area contributed by atoms with E-state index in [0.717, 1.165) is 6.07 Å². The highest BCUT2D eigenvalue weighted by atomic mass is 32.2. The SMILES string of the molecule is CC(C)c1ccc(OCC(=O)N2CCN(S(=O)(=O)c3ccccc3[N+](=O)[O-])CC2)cc1. The molecule has 166 valence electrons. The van der Waals surface area contributed by atoms with Crippen LogP contribution in [0.1, 0.15) is 25.3 Å². The smallest absolute Gasteiger partial charge is 0.289 e. The molecule has 0 bridgehead atoms. The van der Waals surface area contributed by atoms with E-state index in [1.165, 1.54) is 33.0 Å². The number of amides is 1. The molecule has 1 heterocycles. The van der Waals surface area contributed by atoms with Crippen LogP contribution in [-0.4, -0.2) is 61.2 Å². The van der Waals surface area contributed by atoms with E-state index in [-0.39, 0.29) is 43.6 Å². The fourth-order valence-corrected chi connectivity index (χ4v) is 4.91. The summed E-state index contributed by atoms with van der Waals surface area (Å²) in [5, 5.41) is 11.2. The van der Waals surface area contributed by atoms with Crippen LogP contribution in [-0.2, 0) is 14.8 Å². The van der Waals surface area contributed by atoms with Crippen molar-refractivity contribution >= 4 is 21.6 Å². The Morgan fingerprint density at radius 2 is 1.68 bits per heavy atom. The Balaban J connectivity index is 1.57. The lowest BCUT2D eigenvalue weighted by molar-refractivity contribution is -0.387. The average molecular weight is 448 g/mol. The average Bonchev–Trinajstić information content (AvgIpc) is 2.77. The van der Waals surface area contributed by atoms with Crippen molar-refractivity contribution in [3.05, 3.63) is 64.2 Å². The van der Waals surface area contributed by atoms with Gasteiger partial charge in [0.2, 0.25) is 10.0 Å². The molecule has 0 spiro atoms. The Labute approximate surface area is 181 Å². The molecule has 0 unspecified atom stereocenters. The Morgan fingerprint density at radius 3 is 2.26 bits per heavy atom. The Hall–Kier alpha value is -2.98. The lowest BCUT2D eigenvalue weighted by atomic mass is 10.0. The van der Waals surface area contributed by atoms with Gasteiger partial charge in [-0.25, -0.2) is 8.42 Å². The number of para-hydroxylation sites is 1. The highest BCUT2D eigenvalue weighted by Crippen LogP contribution is 2.27. The van der Waals surface area contributed by atoms with Crippen molar-refractivity contribution < 1.29 is 22.9 Å². The summed E-state index contributed by atoms with van der Waals surface area (Å²) in [5.41, 5.74) is 0.715. The fourth-order valence-electron chi connectivity index (χ4n) is 3.33. The molecule has 1 fully saturated rings. The maximum Gasteiger partial charge on any atom is 0.289 e. The van der Waals surface area contributed by atoms with E-state index in [9.17, 15) is 23.3 Å². The summed E-state index contributed by atoms with van der Waals surface area (Å²) in [6.45, 7) is 4.54. The van der Waals surface area contributed by atoms with E-state index >= 15 is 0 Å². The van der Waals surface area contributed by atoms with E-state index in [1.807, 2.05) is 24.3 Å². The van der Waals surface area contributed by atoms with Crippen LogP contribution in [0, 0.1) is 10.1 Å². The van der Waals surface area contributed by atoms with Crippen LogP contribution in [0.5, 0.6) is 5.75 Å². The van der Waals surface area contributed by atoms with Crippen LogP contribution < -0.4 is 4.74 Å². The van der Waals surface area contributed by atoms with Crippen LogP contribution in [0.3, 0.4) is 0 Å². The molecule has 0 saturated carbocycles. The molecule has 0 aromatic heterocycles. The molecule has 1 aliphatic rings. The number of ether oxygens (including phenoxy) is 1. The van der Waals surface area contributed by atoms with Crippen molar-refractivity contribution in [1.29, 1.82) is 0 Å². The van der Waals surface area contributed by atoms with Crippen molar-refractivity contribution in [3.63, 3.8) is 0 Å². The first-order valence-electron chi connectivity index (χ1n) is 9.94. The topological polar surface area (TPSA) is 110 Å². The summed E-state index contributed by atoms with van der Waals surface area (Å²) in [4.78, 5) is 24.1. The number of hydrogen-bond donors (Lipinski definition) is 0. The highest BCUT2D eigenvalue weighted by molar-refractivity contribution is 7.89. The predicted octanol–water partition coefficient (Wildman–Crippen LogP) is 2.63. The van der Waals surface area contributed by atoms with Gasteiger partial charge in [0.05, 0.1) is 4.92 Å². The van der Waals surface area contributed by atoms with Gasteiger partial charge in [-0.3, -0.25) is 14.9 Å². The maximum atomic E-state index is 12.9. The van der Waals surface area contributed by atoms with E-state index in [1.54, 1.807) is 0 Å². The maximum absolute atomic E-state index is 12.9. The van der Waals surface area contributed by atoms with Crippen molar-refractivity contribution in [3.8, 4) is 5.75 Å². The third kappa shape index (κ3) is 5.20. The number of benzene rings is 2. The lowest BCUT2D eigenvalue weighted by Crippen LogP contribution is -2.51. The summed E-state index contributed by atoms with van der Waals surface area (Å²) in [6.07, 6.45) is 0. The molecule has 0 aliphatic carbocycles. The lowest BCUT2D eigenvalue weighted by Gasteiger charge is -2.33. The number of piperazine rings is 1. The van der Waals surface area contributed by atoms with Crippen molar-refractivity contribution in [2.24, 2.45) is 0 Å². The predicted molar refractivity (Wildman–Crippen MR) is 114 cm³/mol. The number of nitro benzene ring substituents is 1. The molecule has 1 amide bonds. The number of nitrogens with zero attached hydrogens (tertiary/aromatic N) is 3. The summed E-state index contributed by atoms with van der Waals surface area (Å²) in [5.74, 6) is 0.756. The molecule has 2 aromatic carbocycles. The third-order valence-corrected chi connectivity index (χ3v) is 7.13. The quantitative estimate of drug-likeness (QED) is 0.477. The molecule has 1 saturated heterocycles. The zero-order valence-electron chi connectivity index (χ0n) is 17.4. The zero-order valence-corrected chi connectivity index (χ0v) is 18.2. The second-order valence-electron chi connectivity index (χ2n) is 7.52. The van der Waals surface area contributed by atoms with Gasteiger partial charge in [-0.15, -0.1) is 0 Å². The third-order valence-electron chi connectivity index (χ3n) is 5.18. The van der Waals surface area contributed by atoms with E-state index in [0.29, 0.717) is 11.7 Å². The van der Waals surface area contributed by atoms with Crippen molar-refractivity contribution in [2.45, 2.75) is 24.7 Å². The molecular formula is C21H25N3O6S. The van der Waals surface area contributed by atoms with E-state index in [4.69, 9.17) is 4.74 Å². The molecule has 31 heavy (non-hydrogen) atoms. The van der Waals surface area contributed by atoms with Gasteiger partial charge in [-0.1, -0.05) is 38.1 Å². The largest absolute Gasteiger partial charge is 0.484 e. The number of rotatable bonds is 7. The van der Waals surface area contributed by atoms with Crippen LogP contribution in [0.15, 0.2) is 53.4 Å². The van der Waals surface area contributed by atoms with Gasteiger partial charge >= 0.3 is 0 Å². The molecule has 3 rings (SSSR count). The molecule has 0 radical (unpaired) electrons. The first-order valence-corrected chi connectivity index (χ1v) is 11.4. The van der Waals surface area contributed by atoms with Crippen LogP contribution in [0.2, 0.25) is 0 Å². The van der Waals surface area contributed by atoms with Gasteiger partial charge in [0.1, 0.15) is 5.75 Å². The monoisotopic (exact) mass is 447 g/mol. The number of carbonyl (C=O) groups is 1. The first-order chi connectivity index (χ1) is 14.7. The molecule has 2 aromatic rings. The summed E-state index contributed by atoms with van der Waals surface area (Å²) >= 11 is 0. The van der Waals surface area contributed by atoms with Gasteiger partial charge in [0.15, 0.2) is 11.5 Å². The standard InChI is InChI=1S/C21H25N3O6S/c1-16(2)17-7-9-18(10-8-17)30-15-21(25)22-11-13-23(14-12-22)31(28,29)20-6-4-3-5-19(20)24(26)27/h3-10,16H,11-15H2,1-2H3. The van der Waals surface area contributed by atoms with E-state index < -0.39 is 20.6 Å². The highest BCUT2D eigenvalue weighted by Gasteiger charge is 2.34. The Morgan fingerprint density at radius 1 is 1.06 bits per heavy atom. The Kier molecular flexibility index (Phi) is 6.91. The number of sulfonamides is 1. The first kappa shape index (κ1) is 22.7. The molecule has 10 heteroatoms. The second-order valence-corrected chi connectivity index (χ2v) is 9.43. The van der Waals surface area contributed by atoms with Gasteiger partial charge < -0.3 is 9.64 Å². The van der Waals surface area contributed by atoms with Crippen LogP contribution in [0.25, 0.3) is 0 Å². The summed E-state index contributed by atoms with van der Waals surface area (Å²) in [6, 6.07) is 12.8. The number of carbonyl (C=O) groups excluding carboxylic acids is 1. The van der Waals surface area contributed by atoms with Crippen LogP contribution in [0.4, 0.5) is 5.69 Å². The van der Waals surface area contributed by atoms with Crippen molar-refractivity contribution in [1.82, 2.24) is 9.21 Å². The fraction of sp³-hybridized carbons (Fsp3) is 0.381. The number of nitro groups is 1. The zero-order chi connectivity index (χ0) is 22.6. The van der Waals surface area contributed by atoms with Gasteiger partial charge in [0.25, 0.3) is 11.6 Å². The molecule has 0 N–H and O–H groups in total. The summed E-state index contributed by atoms with van der Waals surface area (Å²) in [7, 11) is -4.03. The molecule has 1 aliphatic heterocycles. The molecule has 9 nitrogen and oxygen atoms in total. The van der Waals surface area contributed by atoms with Gasteiger partial charge in [0, 0.05) is 32.2 Å². The van der Waals surface area contributed by atoms with E-state index in [2.05, 4.69) is 13.8 Å². The van der Waals surface area contributed by atoms with Crippen LogP contribution >= 0.6 is 0 Å². The normalized spacial score (nSPS) is 15.1. The van der Waals surface area contributed by atoms with Crippen molar-refractivity contribution in [2.75, 3.05) is 32.8 Å². The molecule has 0 atom stereocenters. The minimum absolute atomic E-state index is 0.0587.